The molecule has 1 saturated heterocycles. The van der Waals surface area contributed by atoms with E-state index in [1.165, 1.54) is 22.2 Å². The third-order valence-corrected chi connectivity index (χ3v) is 6.96. The molecule has 1 fully saturated rings. The summed E-state index contributed by atoms with van der Waals surface area (Å²) in [6.45, 7) is 8.88. The number of alkyl halides is 2. The van der Waals surface area contributed by atoms with Gasteiger partial charge in [-0.3, -0.25) is 14.1 Å². The van der Waals surface area contributed by atoms with Gasteiger partial charge in [0, 0.05) is 66.8 Å². The number of hydrogen-bond donors (Lipinski definition) is 1. The van der Waals surface area contributed by atoms with E-state index in [4.69, 9.17) is 0 Å². The van der Waals surface area contributed by atoms with Gasteiger partial charge in [-0.2, -0.15) is 0 Å². The van der Waals surface area contributed by atoms with E-state index in [1.54, 1.807) is 13.8 Å². The number of likely N-dealkylation sites (tertiary alicyclic amines) is 1. The number of fused-ring (bicyclic) bond motifs is 3. The topological polar surface area (TPSA) is 39.3 Å². The van der Waals surface area contributed by atoms with Crippen LogP contribution in [0.3, 0.4) is 0 Å². The van der Waals surface area contributed by atoms with Crippen LogP contribution in [0.5, 0.6) is 0 Å². The van der Waals surface area contributed by atoms with Gasteiger partial charge < -0.3 is 9.88 Å². The van der Waals surface area contributed by atoms with E-state index in [1.807, 2.05) is 30.3 Å². The normalized spacial score (nSPS) is 19.1. The minimum absolute atomic E-state index is 0.113. The smallest absolute Gasteiger partial charge is 0.168 e. The van der Waals surface area contributed by atoms with Crippen LogP contribution in [-0.2, 0) is 13.0 Å². The van der Waals surface area contributed by atoms with Crippen LogP contribution in [0, 0.1) is 5.92 Å². The van der Waals surface area contributed by atoms with Crippen molar-refractivity contribution >= 4 is 16.7 Å². The lowest BCUT2D eigenvalue weighted by molar-refractivity contribution is 0.0613. The first-order chi connectivity index (χ1) is 16.7. The number of ketones is 1. The summed E-state index contributed by atoms with van der Waals surface area (Å²) >= 11 is 0. The fourth-order valence-corrected chi connectivity index (χ4v) is 5.14. The Bertz CT molecular complexity index is 1120. The van der Waals surface area contributed by atoms with Crippen LogP contribution in [0.1, 0.15) is 48.8 Å². The van der Waals surface area contributed by atoms with Crippen molar-refractivity contribution < 1.29 is 13.6 Å². The summed E-state index contributed by atoms with van der Waals surface area (Å²) in [5, 5.41) is 1.32. The zero-order valence-corrected chi connectivity index (χ0v) is 21.1. The van der Waals surface area contributed by atoms with Crippen molar-refractivity contribution in [3.63, 3.8) is 0 Å². The molecule has 4 nitrogen and oxygen atoms in total. The SMILES string of the molecule is C[C@@H]1Cc2c([nH]c3ccccc23)CN1CC(C)(C)F.O=C(c1ccccc1)C1CN(CCCF)C1. The second-order valence-corrected chi connectivity index (χ2v) is 10.5. The molecule has 35 heavy (non-hydrogen) atoms. The lowest BCUT2D eigenvalue weighted by Gasteiger charge is -2.38. The Hall–Kier alpha value is -2.57. The third kappa shape index (κ3) is 6.36. The molecule has 0 spiro atoms. The molecule has 1 atom stereocenters. The van der Waals surface area contributed by atoms with Crippen molar-refractivity contribution in [2.24, 2.45) is 5.92 Å². The second-order valence-electron chi connectivity index (χ2n) is 10.5. The molecule has 1 aromatic heterocycles. The number of aromatic nitrogens is 1. The zero-order valence-electron chi connectivity index (χ0n) is 21.1. The Labute approximate surface area is 207 Å². The molecular formula is C29H37F2N3O. The van der Waals surface area contributed by atoms with Crippen LogP contribution in [0.2, 0.25) is 0 Å². The Morgan fingerprint density at radius 3 is 2.46 bits per heavy atom. The van der Waals surface area contributed by atoms with Crippen molar-refractivity contribution in [3.05, 3.63) is 71.4 Å². The molecule has 3 heterocycles. The highest BCUT2D eigenvalue weighted by molar-refractivity contribution is 5.98. The first kappa shape index (κ1) is 25.5. The van der Waals surface area contributed by atoms with E-state index in [9.17, 15) is 13.6 Å². The van der Waals surface area contributed by atoms with Gasteiger partial charge in [-0.1, -0.05) is 48.5 Å². The molecule has 2 aromatic carbocycles. The summed E-state index contributed by atoms with van der Waals surface area (Å²) in [5.74, 6) is 0.333. The average Bonchev–Trinajstić information content (AvgIpc) is 3.15. The van der Waals surface area contributed by atoms with Gasteiger partial charge in [-0.05, 0) is 45.2 Å². The van der Waals surface area contributed by atoms with Crippen LogP contribution in [0.4, 0.5) is 8.78 Å². The van der Waals surface area contributed by atoms with E-state index in [2.05, 4.69) is 46.0 Å². The van der Waals surface area contributed by atoms with Gasteiger partial charge in [-0.15, -0.1) is 0 Å². The third-order valence-electron chi connectivity index (χ3n) is 6.96. The number of nitrogens with zero attached hydrogens (tertiary/aromatic N) is 2. The summed E-state index contributed by atoms with van der Waals surface area (Å²) in [4.78, 5) is 19.8. The van der Waals surface area contributed by atoms with E-state index in [-0.39, 0.29) is 18.4 Å². The predicted octanol–water partition coefficient (Wildman–Crippen LogP) is 5.82. The molecule has 0 radical (unpaired) electrons. The van der Waals surface area contributed by atoms with Crippen molar-refractivity contribution in [1.29, 1.82) is 0 Å². The molecule has 5 rings (SSSR count). The molecule has 0 unspecified atom stereocenters. The number of rotatable bonds is 7. The Kier molecular flexibility index (Phi) is 8.02. The lowest BCUT2D eigenvalue weighted by Crippen LogP contribution is -2.50. The fraction of sp³-hybridized carbons (Fsp3) is 0.483. The van der Waals surface area contributed by atoms with E-state index < -0.39 is 5.67 Å². The van der Waals surface area contributed by atoms with Crippen molar-refractivity contribution in [2.75, 3.05) is 32.9 Å². The van der Waals surface area contributed by atoms with Gasteiger partial charge in [0.25, 0.3) is 0 Å². The molecule has 0 amide bonds. The number of nitrogens with one attached hydrogen (secondary N) is 1. The van der Waals surface area contributed by atoms with Gasteiger partial charge in [0.15, 0.2) is 5.78 Å². The van der Waals surface area contributed by atoms with Crippen LogP contribution in [0.25, 0.3) is 10.9 Å². The van der Waals surface area contributed by atoms with E-state index in [0.29, 0.717) is 19.0 Å². The Balaban J connectivity index is 0.000000168. The van der Waals surface area contributed by atoms with E-state index in [0.717, 1.165) is 38.2 Å². The van der Waals surface area contributed by atoms with Crippen LogP contribution >= 0.6 is 0 Å². The summed E-state index contributed by atoms with van der Waals surface area (Å²) in [6, 6.07) is 18.2. The average molecular weight is 482 g/mol. The highest BCUT2D eigenvalue weighted by Crippen LogP contribution is 2.31. The number of H-pyrrole nitrogens is 1. The summed E-state index contributed by atoms with van der Waals surface area (Å²) < 4.78 is 25.8. The van der Waals surface area contributed by atoms with Crippen LogP contribution in [-0.4, -0.2) is 65.1 Å². The number of para-hydroxylation sites is 1. The van der Waals surface area contributed by atoms with Gasteiger partial charge in [0.2, 0.25) is 0 Å². The highest BCUT2D eigenvalue weighted by Gasteiger charge is 2.32. The monoisotopic (exact) mass is 481 g/mol. The number of benzene rings is 2. The number of carbonyl (C=O) groups is 1. The maximum absolute atomic E-state index is 13.9. The van der Waals surface area contributed by atoms with Crippen LogP contribution < -0.4 is 0 Å². The molecule has 6 heteroatoms. The lowest BCUT2D eigenvalue weighted by atomic mass is 9.90. The molecule has 0 bridgehead atoms. The van der Waals surface area contributed by atoms with Crippen molar-refractivity contribution in [1.82, 2.24) is 14.8 Å². The molecule has 2 aliphatic heterocycles. The van der Waals surface area contributed by atoms with Crippen molar-refractivity contribution in [3.8, 4) is 0 Å². The maximum atomic E-state index is 13.9. The van der Waals surface area contributed by atoms with Gasteiger partial charge in [0.1, 0.15) is 5.67 Å². The second kappa shape index (κ2) is 11.0. The molecule has 0 aliphatic carbocycles. The fourth-order valence-electron chi connectivity index (χ4n) is 5.14. The summed E-state index contributed by atoms with van der Waals surface area (Å²) in [6.07, 6.45) is 1.57. The predicted molar refractivity (Wildman–Crippen MR) is 138 cm³/mol. The highest BCUT2D eigenvalue weighted by atomic mass is 19.1. The molecular weight excluding hydrogens is 444 g/mol. The van der Waals surface area contributed by atoms with E-state index >= 15 is 0 Å². The first-order valence-electron chi connectivity index (χ1n) is 12.6. The Morgan fingerprint density at radius 2 is 1.77 bits per heavy atom. The number of carbonyl (C=O) groups excluding carboxylic acids is 1. The zero-order chi connectivity index (χ0) is 25.0. The quantitative estimate of drug-likeness (QED) is 0.432. The first-order valence-corrected chi connectivity index (χ1v) is 12.6. The number of aromatic amines is 1. The number of halogens is 2. The van der Waals surface area contributed by atoms with Crippen molar-refractivity contribution in [2.45, 2.75) is 51.9 Å². The molecule has 0 saturated carbocycles. The molecule has 2 aliphatic rings. The molecule has 3 aromatic rings. The van der Waals surface area contributed by atoms with Gasteiger partial charge >= 0.3 is 0 Å². The maximum Gasteiger partial charge on any atom is 0.168 e. The summed E-state index contributed by atoms with van der Waals surface area (Å²) in [7, 11) is 0. The molecule has 1 N–H and O–H groups in total. The minimum Gasteiger partial charge on any atom is -0.357 e. The van der Waals surface area contributed by atoms with Gasteiger partial charge in [-0.25, -0.2) is 4.39 Å². The Morgan fingerprint density at radius 1 is 1.09 bits per heavy atom. The van der Waals surface area contributed by atoms with Gasteiger partial charge in [0.05, 0.1) is 6.67 Å². The van der Waals surface area contributed by atoms with Crippen LogP contribution in [0.15, 0.2) is 54.6 Å². The minimum atomic E-state index is -1.14. The largest absolute Gasteiger partial charge is 0.357 e. The number of hydrogen-bond acceptors (Lipinski definition) is 3. The number of Topliss-reactive ketones (excluding diaryl/α,β-unsaturated/α-hetero) is 1. The molecule has 188 valence electrons. The summed E-state index contributed by atoms with van der Waals surface area (Å²) in [5.41, 5.74) is 3.51. The standard InChI is InChI=1S/C16H21FN2.C13H16FNO/c1-11-8-13-12-6-4-5-7-14(12)18-15(13)9-19(11)10-16(2,3)17;14-7-4-8-15-9-12(10-15)13(16)11-5-2-1-3-6-11/h4-7,11,18H,8-10H2,1-3H3;1-3,5-6,12H,4,7-10H2/t11-;/m1./s1.